The number of amides is 1. The highest BCUT2D eigenvalue weighted by atomic mass is 32.1. The third-order valence-electron chi connectivity index (χ3n) is 4.88. The van der Waals surface area contributed by atoms with Gasteiger partial charge in [0.2, 0.25) is 0 Å². The summed E-state index contributed by atoms with van der Waals surface area (Å²) < 4.78 is 0. The molecule has 0 spiro atoms. The molecule has 0 aliphatic heterocycles. The predicted molar refractivity (Wildman–Crippen MR) is 114 cm³/mol. The van der Waals surface area contributed by atoms with Crippen LogP contribution in [0.4, 0.5) is 10.7 Å². The van der Waals surface area contributed by atoms with Crippen LogP contribution in [-0.2, 0) is 12.8 Å². The summed E-state index contributed by atoms with van der Waals surface area (Å²) in [6, 6.07) is 19.6. The van der Waals surface area contributed by atoms with E-state index in [0.717, 1.165) is 41.1 Å². The number of nitrogens with one attached hydrogen (secondary N) is 1. The van der Waals surface area contributed by atoms with E-state index in [1.54, 1.807) is 11.3 Å². The Balaban J connectivity index is 1.69. The molecule has 1 unspecified atom stereocenters. The molecule has 136 valence electrons. The number of aliphatic imine (C=N–C) groups is 1. The molecule has 0 bridgehead atoms. The van der Waals surface area contributed by atoms with Gasteiger partial charge in [-0.15, -0.1) is 11.3 Å². The van der Waals surface area contributed by atoms with Gasteiger partial charge in [0, 0.05) is 16.8 Å². The van der Waals surface area contributed by atoms with Crippen molar-refractivity contribution in [3.63, 3.8) is 0 Å². The molecule has 4 heteroatoms. The Bertz CT molecular complexity index is 961. The van der Waals surface area contributed by atoms with E-state index in [1.807, 2.05) is 66.9 Å². The number of anilines is 1. The third-order valence-corrected chi connectivity index (χ3v) is 6.04. The lowest BCUT2D eigenvalue weighted by molar-refractivity contribution is 0.102. The average molecular weight is 375 g/mol. The molecule has 1 atom stereocenters. The zero-order valence-electron chi connectivity index (χ0n) is 15.3. The first kappa shape index (κ1) is 17.7. The fourth-order valence-electron chi connectivity index (χ4n) is 3.45. The van der Waals surface area contributed by atoms with Gasteiger partial charge in [-0.05, 0) is 48.4 Å². The van der Waals surface area contributed by atoms with Crippen LogP contribution in [0.15, 0.2) is 65.7 Å². The molecule has 1 aromatic heterocycles. The summed E-state index contributed by atoms with van der Waals surface area (Å²) in [6.07, 6.45) is 4.95. The second kappa shape index (κ2) is 7.89. The molecule has 3 aromatic rings. The van der Waals surface area contributed by atoms with E-state index in [2.05, 4.69) is 12.2 Å². The molecule has 1 aliphatic carbocycles. The second-order valence-corrected chi connectivity index (χ2v) is 8.10. The van der Waals surface area contributed by atoms with Gasteiger partial charge in [-0.2, -0.15) is 0 Å². The molecule has 1 N–H and O–H groups in total. The standard InChI is InChI=1S/C23H22N2OS/c1-16-12-13-19-20(14-16)27-23(24-15-17-8-4-2-5-9-17)21(19)22(26)25-18-10-6-3-7-11-18/h2-11,15-16H,12-14H2,1H3,(H,25,26). The maximum atomic E-state index is 13.1. The first-order valence-electron chi connectivity index (χ1n) is 9.31. The molecule has 3 nitrogen and oxygen atoms in total. The number of thiophene rings is 1. The summed E-state index contributed by atoms with van der Waals surface area (Å²) in [7, 11) is 0. The van der Waals surface area contributed by atoms with E-state index in [0.29, 0.717) is 5.92 Å². The van der Waals surface area contributed by atoms with Crippen LogP contribution in [0.2, 0.25) is 0 Å². The number of carbonyl (C=O) groups is 1. The summed E-state index contributed by atoms with van der Waals surface area (Å²) in [5, 5.41) is 3.85. The minimum Gasteiger partial charge on any atom is -0.322 e. The Morgan fingerprint density at radius 3 is 2.56 bits per heavy atom. The average Bonchev–Trinajstić information content (AvgIpc) is 3.05. The van der Waals surface area contributed by atoms with Crippen LogP contribution in [-0.4, -0.2) is 12.1 Å². The van der Waals surface area contributed by atoms with Crippen molar-refractivity contribution in [1.82, 2.24) is 0 Å². The van der Waals surface area contributed by atoms with Crippen molar-refractivity contribution in [2.24, 2.45) is 10.9 Å². The summed E-state index contributed by atoms with van der Waals surface area (Å²) in [6.45, 7) is 2.28. The molecule has 0 saturated carbocycles. The van der Waals surface area contributed by atoms with Crippen LogP contribution in [0.5, 0.6) is 0 Å². The number of benzene rings is 2. The monoisotopic (exact) mass is 374 g/mol. The van der Waals surface area contributed by atoms with Gasteiger partial charge < -0.3 is 5.32 Å². The highest BCUT2D eigenvalue weighted by molar-refractivity contribution is 7.16. The highest BCUT2D eigenvalue weighted by Crippen LogP contribution is 2.41. The van der Waals surface area contributed by atoms with Gasteiger partial charge in [0.25, 0.3) is 5.91 Å². The van der Waals surface area contributed by atoms with Gasteiger partial charge in [0.1, 0.15) is 5.00 Å². The van der Waals surface area contributed by atoms with Gasteiger partial charge in [0.15, 0.2) is 0 Å². The summed E-state index contributed by atoms with van der Waals surface area (Å²) >= 11 is 1.67. The van der Waals surface area contributed by atoms with E-state index >= 15 is 0 Å². The number of fused-ring (bicyclic) bond motifs is 1. The zero-order valence-corrected chi connectivity index (χ0v) is 16.1. The summed E-state index contributed by atoms with van der Waals surface area (Å²) in [5.41, 5.74) is 3.78. The molecule has 2 aromatic carbocycles. The number of nitrogens with zero attached hydrogens (tertiary/aromatic N) is 1. The van der Waals surface area contributed by atoms with Crippen LogP contribution in [0.1, 0.15) is 39.7 Å². The number of para-hydroxylation sites is 1. The number of hydrogen-bond acceptors (Lipinski definition) is 3. The molecule has 1 amide bonds. The molecule has 0 radical (unpaired) electrons. The van der Waals surface area contributed by atoms with Crippen molar-refractivity contribution < 1.29 is 4.79 Å². The van der Waals surface area contributed by atoms with Gasteiger partial charge in [0.05, 0.1) is 5.56 Å². The van der Waals surface area contributed by atoms with Crippen LogP contribution >= 0.6 is 11.3 Å². The lowest BCUT2D eigenvalue weighted by Gasteiger charge is -2.18. The first-order chi connectivity index (χ1) is 13.2. The van der Waals surface area contributed by atoms with E-state index in [-0.39, 0.29) is 5.91 Å². The van der Waals surface area contributed by atoms with Gasteiger partial charge in [-0.25, -0.2) is 4.99 Å². The van der Waals surface area contributed by atoms with Crippen LogP contribution in [0.3, 0.4) is 0 Å². The summed E-state index contributed by atoms with van der Waals surface area (Å²) in [4.78, 5) is 19.1. The summed E-state index contributed by atoms with van der Waals surface area (Å²) in [5.74, 6) is 0.598. The minimum absolute atomic E-state index is 0.0616. The smallest absolute Gasteiger partial charge is 0.259 e. The second-order valence-electron chi connectivity index (χ2n) is 7.02. The topological polar surface area (TPSA) is 41.5 Å². The van der Waals surface area contributed by atoms with Crippen LogP contribution < -0.4 is 5.32 Å². The van der Waals surface area contributed by atoms with Crippen LogP contribution in [0, 0.1) is 5.92 Å². The van der Waals surface area contributed by atoms with Crippen molar-refractivity contribution in [1.29, 1.82) is 0 Å². The quantitative estimate of drug-likeness (QED) is 0.570. The predicted octanol–water partition coefficient (Wildman–Crippen LogP) is 5.88. The van der Waals surface area contributed by atoms with Gasteiger partial charge in [-0.1, -0.05) is 55.5 Å². The molecule has 0 fully saturated rings. The van der Waals surface area contributed by atoms with Crippen LogP contribution in [0.25, 0.3) is 0 Å². The zero-order chi connectivity index (χ0) is 18.6. The molecule has 1 aliphatic rings. The van der Waals surface area contributed by atoms with Gasteiger partial charge in [-0.3, -0.25) is 4.79 Å². The lowest BCUT2D eigenvalue weighted by atomic mass is 9.88. The molecule has 27 heavy (non-hydrogen) atoms. The van der Waals surface area contributed by atoms with Gasteiger partial charge >= 0.3 is 0 Å². The fourth-order valence-corrected chi connectivity index (χ4v) is 4.80. The normalized spacial score (nSPS) is 16.3. The van der Waals surface area contributed by atoms with Crippen molar-refractivity contribution in [3.05, 3.63) is 82.2 Å². The highest BCUT2D eigenvalue weighted by Gasteiger charge is 2.27. The Morgan fingerprint density at radius 1 is 1.11 bits per heavy atom. The van der Waals surface area contributed by atoms with Crippen molar-refractivity contribution in [3.8, 4) is 0 Å². The number of carbonyl (C=O) groups excluding carboxylic acids is 1. The fraction of sp³-hybridized carbons (Fsp3) is 0.217. The first-order valence-corrected chi connectivity index (χ1v) is 10.1. The maximum Gasteiger partial charge on any atom is 0.259 e. The third kappa shape index (κ3) is 4.01. The molecular weight excluding hydrogens is 352 g/mol. The largest absolute Gasteiger partial charge is 0.322 e. The maximum absolute atomic E-state index is 13.1. The number of hydrogen-bond donors (Lipinski definition) is 1. The van der Waals surface area contributed by atoms with E-state index in [9.17, 15) is 4.79 Å². The Kier molecular flexibility index (Phi) is 5.16. The molecule has 0 saturated heterocycles. The Morgan fingerprint density at radius 2 is 1.81 bits per heavy atom. The SMILES string of the molecule is CC1CCc2c(sc(N=Cc3ccccc3)c2C(=O)Nc2ccccc2)C1. The van der Waals surface area contributed by atoms with Crippen molar-refractivity contribution >= 4 is 34.1 Å². The Hall–Kier alpha value is -2.72. The molecule has 4 rings (SSSR count). The Labute approximate surface area is 163 Å². The molecule has 1 heterocycles. The number of rotatable bonds is 4. The van der Waals surface area contributed by atoms with E-state index < -0.39 is 0 Å². The van der Waals surface area contributed by atoms with Crippen molar-refractivity contribution in [2.75, 3.05) is 5.32 Å². The minimum atomic E-state index is -0.0616. The van der Waals surface area contributed by atoms with Crippen molar-refractivity contribution in [2.45, 2.75) is 26.2 Å². The van der Waals surface area contributed by atoms with E-state index in [1.165, 1.54) is 10.4 Å². The van der Waals surface area contributed by atoms with E-state index in [4.69, 9.17) is 4.99 Å². The lowest BCUT2D eigenvalue weighted by Crippen LogP contribution is -2.16. The molecular formula is C23H22N2OS.